The number of nitriles is 1. The van der Waals surface area contributed by atoms with E-state index in [1.807, 2.05) is 12.1 Å². The van der Waals surface area contributed by atoms with E-state index >= 15 is 0 Å². The topological polar surface area (TPSA) is 67.2 Å². The lowest BCUT2D eigenvalue weighted by Gasteiger charge is -2.07. The average molecular weight is 410 g/mol. The Balaban J connectivity index is 1.75. The standard InChI is InChI=1S/C22H16ClNO3S/c23-19-10-6-18(7-11-19)16-27-20-12-8-17(9-13-20)14-22(15-24)28(25,26)21-4-2-1-3-5-21/h1-14H,16H2. The van der Waals surface area contributed by atoms with Gasteiger partial charge in [-0.25, -0.2) is 8.42 Å². The van der Waals surface area contributed by atoms with Gasteiger partial charge in [-0.2, -0.15) is 5.26 Å². The summed E-state index contributed by atoms with van der Waals surface area (Å²) in [4.78, 5) is -0.223. The maximum absolute atomic E-state index is 12.6. The highest BCUT2D eigenvalue weighted by Gasteiger charge is 2.20. The summed E-state index contributed by atoms with van der Waals surface area (Å²) in [7, 11) is -3.85. The molecule has 3 rings (SSSR count). The van der Waals surface area contributed by atoms with Gasteiger partial charge in [0.15, 0.2) is 0 Å². The quantitative estimate of drug-likeness (QED) is 0.521. The highest BCUT2D eigenvalue weighted by Crippen LogP contribution is 2.22. The molecule has 3 aromatic carbocycles. The zero-order valence-electron chi connectivity index (χ0n) is 14.7. The molecule has 0 aliphatic heterocycles. The minimum Gasteiger partial charge on any atom is -0.489 e. The average Bonchev–Trinajstić information content (AvgIpc) is 2.73. The lowest BCUT2D eigenvalue weighted by Crippen LogP contribution is -2.03. The lowest BCUT2D eigenvalue weighted by molar-refractivity contribution is 0.306. The second kappa shape index (κ2) is 8.75. The molecule has 0 heterocycles. The molecule has 0 bridgehead atoms. The predicted molar refractivity (Wildman–Crippen MR) is 109 cm³/mol. The number of hydrogen-bond donors (Lipinski definition) is 0. The third-order valence-electron chi connectivity index (χ3n) is 3.95. The fraction of sp³-hybridized carbons (Fsp3) is 0.0455. The zero-order valence-corrected chi connectivity index (χ0v) is 16.3. The molecular weight excluding hydrogens is 394 g/mol. The monoisotopic (exact) mass is 409 g/mol. The first-order chi connectivity index (χ1) is 13.5. The Morgan fingerprint density at radius 3 is 2.21 bits per heavy atom. The minimum absolute atomic E-state index is 0.0886. The van der Waals surface area contributed by atoms with Gasteiger partial charge in [0, 0.05) is 5.02 Å². The van der Waals surface area contributed by atoms with Crippen molar-refractivity contribution in [3.8, 4) is 11.8 Å². The van der Waals surface area contributed by atoms with Gasteiger partial charge in [0.1, 0.15) is 23.3 Å². The van der Waals surface area contributed by atoms with Crippen molar-refractivity contribution in [2.24, 2.45) is 0 Å². The third-order valence-corrected chi connectivity index (χ3v) is 5.88. The van der Waals surface area contributed by atoms with Gasteiger partial charge in [0.25, 0.3) is 0 Å². The largest absolute Gasteiger partial charge is 0.489 e. The van der Waals surface area contributed by atoms with Crippen LogP contribution in [0.1, 0.15) is 11.1 Å². The number of sulfone groups is 1. The first-order valence-corrected chi connectivity index (χ1v) is 10.2. The first kappa shape index (κ1) is 19.7. The number of halogens is 1. The fourth-order valence-electron chi connectivity index (χ4n) is 2.46. The van der Waals surface area contributed by atoms with Gasteiger partial charge in [-0.1, -0.05) is 54.1 Å². The summed E-state index contributed by atoms with van der Waals surface area (Å²) in [6, 6.07) is 23.9. The number of benzene rings is 3. The number of hydrogen-bond acceptors (Lipinski definition) is 4. The summed E-state index contributed by atoms with van der Waals surface area (Å²) in [6.45, 7) is 0.387. The van der Waals surface area contributed by atoms with E-state index in [9.17, 15) is 13.7 Å². The zero-order chi connectivity index (χ0) is 20.0. The SMILES string of the molecule is N#CC(=Cc1ccc(OCc2ccc(Cl)cc2)cc1)S(=O)(=O)c1ccccc1. The molecule has 0 unspecified atom stereocenters. The van der Waals surface area contributed by atoms with Crippen LogP contribution in [0.25, 0.3) is 6.08 Å². The molecule has 0 fully saturated rings. The van der Waals surface area contributed by atoms with E-state index in [-0.39, 0.29) is 9.80 Å². The van der Waals surface area contributed by atoms with E-state index in [4.69, 9.17) is 16.3 Å². The normalized spacial score (nSPS) is 11.6. The summed E-state index contributed by atoms with van der Waals surface area (Å²) in [5.74, 6) is 0.636. The minimum atomic E-state index is -3.85. The van der Waals surface area contributed by atoms with Crippen LogP contribution in [-0.2, 0) is 16.4 Å². The predicted octanol–water partition coefficient (Wildman–Crippen LogP) is 5.26. The van der Waals surface area contributed by atoms with E-state index in [0.29, 0.717) is 22.9 Å². The molecule has 0 amide bonds. The summed E-state index contributed by atoms with van der Waals surface area (Å²) < 4.78 is 30.9. The molecule has 3 aromatic rings. The fourth-order valence-corrected chi connectivity index (χ4v) is 3.76. The van der Waals surface area contributed by atoms with Crippen molar-refractivity contribution in [3.05, 3.63) is 99.9 Å². The number of allylic oxidation sites excluding steroid dienone is 1. The second-order valence-corrected chi connectivity index (χ2v) is 8.28. The smallest absolute Gasteiger partial charge is 0.216 e. The van der Waals surface area contributed by atoms with Crippen molar-refractivity contribution in [1.82, 2.24) is 0 Å². The second-order valence-electron chi connectivity index (χ2n) is 5.92. The van der Waals surface area contributed by atoms with Crippen LogP contribution in [0.4, 0.5) is 0 Å². The molecule has 0 spiro atoms. The van der Waals surface area contributed by atoms with E-state index in [2.05, 4.69) is 0 Å². The van der Waals surface area contributed by atoms with Crippen LogP contribution in [0.3, 0.4) is 0 Å². The number of ether oxygens (including phenoxy) is 1. The van der Waals surface area contributed by atoms with Crippen molar-refractivity contribution in [1.29, 1.82) is 5.26 Å². The highest BCUT2D eigenvalue weighted by molar-refractivity contribution is 7.95. The molecule has 0 radical (unpaired) electrons. The molecule has 0 aliphatic rings. The molecular formula is C22H16ClNO3S. The molecule has 0 atom stereocenters. The third kappa shape index (κ3) is 4.80. The molecule has 6 heteroatoms. The number of nitrogens with zero attached hydrogens (tertiary/aromatic N) is 1. The van der Waals surface area contributed by atoms with Crippen LogP contribution in [0.5, 0.6) is 5.75 Å². The Kier molecular flexibility index (Phi) is 6.15. The molecule has 140 valence electrons. The molecule has 0 saturated carbocycles. The Morgan fingerprint density at radius 1 is 0.964 bits per heavy atom. The summed E-state index contributed by atoms with van der Waals surface area (Å²) in [6.07, 6.45) is 1.35. The van der Waals surface area contributed by atoms with Crippen LogP contribution in [-0.4, -0.2) is 8.42 Å². The van der Waals surface area contributed by atoms with E-state index < -0.39 is 9.84 Å². The summed E-state index contributed by atoms with van der Waals surface area (Å²) in [5, 5.41) is 10.0. The molecule has 0 N–H and O–H groups in total. The molecule has 0 aromatic heterocycles. The van der Waals surface area contributed by atoms with Gasteiger partial charge in [-0.15, -0.1) is 0 Å². The van der Waals surface area contributed by atoms with Gasteiger partial charge in [-0.3, -0.25) is 0 Å². The molecule has 28 heavy (non-hydrogen) atoms. The van der Waals surface area contributed by atoms with Crippen LogP contribution < -0.4 is 4.74 Å². The van der Waals surface area contributed by atoms with Crippen molar-refractivity contribution >= 4 is 27.5 Å². The molecule has 0 aliphatic carbocycles. The van der Waals surface area contributed by atoms with Gasteiger partial charge >= 0.3 is 0 Å². The Bertz CT molecular complexity index is 1120. The van der Waals surface area contributed by atoms with Gasteiger partial charge in [0.05, 0.1) is 4.90 Å². The van der Waals surface area contributed by atoms with E-state index in [1.165, 1.54) is 18.2 Å². The lowest BCUT2D eigenvalue weighted by atomic mass is 10.2. The van der Waals surface area contributed by atoms with Crippen LogP contribution in [0.15, 0.2) is 88.7 Å². The Morgan fingerprint density at radius 2 is 1.61 bits per heavy atom. The van der Waals surface area contributed by atoms with E-state index in [0.717, 1.165) is 5.56 Å². The maximum Gasteiger partial charge on any atom is 0.216 e. The summed E-state index contributed by atoms with van der Waals surface area (Å²) >= 11 is 5.86. The van der Waals surface area contributed by atoms with Crippen LogP contribution in [0, 0.1) is 11.3 Å². The maximum atomic E-state index is 12.6. The van der Waals surface area contributed by atoms with Gasteiger partial charge in [0.2, 0.25) is 9.84 Å². The van der Waals surface area contributed by atoms with Crippen LogP contribution >= 0.6 is 11.6 Å². The van der Waals surface area contributed by atoms with Crippen molar-refractivity contribution in [3.63, 3.8) is 0 Å². The van der Waals surface area contributed by atoms with Crippen LogP contribution in [0.2, 0.25) is 5.02 Å². The molecule has 0 saturated heterocycles. The number of rotatable bonds is 6. The van der Waals surface area contributed by atoms with Crippen molar-refractivity contribution < 1.29 is 13.2 Å². The summed E-state index contributed by atoms with van der Waals surface area (Å²) in [5.41, 5.74) is 1.57. The van der Waals surface area contributed by atoms with Crippen molar-refractivity contribution in [2.45, 2.75) is 11.5 Å². The van der Waals surface area contributed by atoms with Gasteiger partial charge in [-0.05, 0) is 53.6 Å². The Hall–Kier alpha value is -3.07. The van der Waals surface area contributed by atoms with E-state index in [1.54, 1.807) is 60.7 Å². The first-order valence-electron chi connectivity index (χ1n) is 8.38. The molecule has 4 nitrogen and oxygen atoms in total. The Labute approximate surface area is 169 Å². The van der Waals surface area contributed by atoms with Gasteiger partial charge < -0.3 is 4.74 Å². The van der Waals surface area contributed by atoms with Crippen molar-refractivity contribution in [2.75, 3.05) is 0 Å². The highest BCUT2D eigenvalue weighted by atomic mass is 35.5.